The third-order valence-corrected chi connectivity index (χ3v) is 2.98. The Morgan fingerprint density at radius 2 is 2.44 bits per heavy atom. The molecule has 0 unspecified atom stereocenters. The number of nitrogens with zero attached hydrogens (tertiary/aromatic N) is 2. The molecule has 1 atom stereocenters. The molecule has 4 heteroatoms. The van der Waals surface area contributed by atoms with Gasteiger partial charge in [-0.25, -0.2) is 0 Å². The maximum Gasteiger partial charge on any atom is 0.0594 e. The van der Waals surface area contributed by atoms with Crippen LogP contribution in [0.4, 0.5) is 5.69 Å². The zero-order valence-corrected chi connectivity index (χ0v) is 13.7. The first-order chi connectivity index (χ1) is 8.24. The normalized spacial score (nSPS) is 19.5. The van der Waals surface area contributed by atoms with Gasteiger partial charge in [0, 0.05) is 39.3 Å². The number of hydrogen-bond acceptors (Lipinski definition) is 3. The SMILES string of the molecule is C[C@H]1CCCN(CC#Cc2c[c-]c(N)cn2)C1.[Y]. The van der Waals surface area contributed by atoms with Crippen molar-refractivity contribution in [2.24, 2.45) is 5.92 Å². The second-order valence-electron chi connectivity index (χ2n) is 4.67. The van der Waals surface area contributed by atoms with Crippen LogP contribution >= 0.6 is 0 Å². The maximum atomic E-state index is 5.51. The van der Waals surface area contributed by atoms with Gasteiger partial charge in [-0.15, -0.1) is 12.0 Å². The molecule has 2 rings (SSSR count). The van der Waals surface area contributed by atoms with Gasteiger partial charge >= 0.3 is 0 Å². The van der Waals surface area contributed by atoms with E-state index in [0.717, 1.165) is 24.7 Å². The zero-order valence-electron chi connectivity index (χ0n) is 10.8. The predicted molar refractivity (Wildman–Crippen MR) is 69.2 cm³/mol. The van der Waals surface area contributed by atoms with Crippen LogP contribution in [-0.2, 0) is 32.7 Å². The first-order valence-electron chi connectivity index (χ1n) is 6.08. The molecule has 2 N–H and O–H groups in total. The number of rotatable bonds is 1. The van der Waals surface area contributed by atoms with Gasteiger partial charge in [0.05, 0.1) is 6.54 Å². The molecule has 0 saturated carbocycles. The van der Waals surface area contributed by atoms with E-state index in [2.05, 4.69) is 34.7 Å². The second kappa shape index (κ2) is 7.89. The number of anilines is 1. The fourth-order valence-corrected chi connectivity index (χ4v) is 2.11. The molecule has 1 aromatic rings. The molecule has 1 aliphatic heterocycles. The van der Waals surface area contributed by atoms with E-state index < -0.39 is 0 Å². The largest absolute Gasteiger partial charge is 0.418 e. The first-order valence-corrected chi connectivity index (χ1v) is 6.08. The van der Waals surface area contributed by atoms with E-state index in [-0.39, 0.29) is 32.7 Å². The van der Waals surface area contributed by atoms with Crippen molar-refractivity contribution in [1.82, 2.24) is 9.88 Å². The summed E-state index contributed by atoms with van der Waals surface area (Å²) in [5.41, 5.74) is 6.81. The Morgan fingerprint density at radius 1 is 1.61 bits per heavy atom. The number of piperidine rings is 1. The van der Waals surface area contributed by atoms with Gasteiger partial charge in [-0.1, -0.05) is 24.7 Å². The van der Waals surface area contributed by atoms with Crippen molar-refractivity contribution in [1.29, 1.82) is 0 Å². The molecule has 0 spiro atoms. The molecule has 93 valence electrons. The molecule has 0 aromatic carbocycles. The quantitative estimate of drug-likeness (QED) is 0.631. The standard InChI is InChI=1S/C14H18N3.Y/c1-12-4-2-8-17(11-12)9-3-5-14-7-6-13(15)10-16-14;/h7,10,12H,2,4,8-9,11,15H2,1H3;/q-1;/t12-;/m0./s1. The minimum atomic E-state index is 0. The van der Waals surface area contributed by atoms with E-state index in [1.165, 1.54) is 19.4 Å². The number of pyridine rings is 1. The van der Waals surface area contributed by atoms with E-state index in [0.29, 0.717) is 5.69 Å². The number of nitrogen functional groups attached to an aromatic ring is 1. The fourth-order valence-electron chi connectivity index (χ4n) is 2.11. The van der Waals surface area contributed by atoms with Crippen molar-refractivity contribution < 1.29 is 32.7 Å². The number of nitrogens with two attached hydrogens (primary N) is 1. The molecular formula is C14H18N3Y-. The van der Waals surface area contributed by atoms with Crippen molar-refractivity contribution >= 4 is 5.69 Å². The average Bonchev–Trinajstić information content (AvgIpc) is 2.32. The molecule has 3 nitrogen and oxygen atoms in total. The van der Waals surface area contributed by atoms with E-state index in [9.17, 15) is 0 Å². The molecular weight excluding hydrogens is 299 g/mol. The third kappa shape index (κ3) is 5.06. The molecule has 1 saturated heterocycles. The maximum absolute atomic E-state index is 5.51. The predicted octanol–water partition coefficient (Wildman–Crippen LogP) is 1.54. The Balaban J connectivity index is 0.00000162. The average molecular weight is 317 g/mol. The summed E-state index contributed by atoms with van der Waals surface area (Å²) in [6.07, 6.45) is 4.22. The van der Waals surface area contributed by atoms with Crippen molar-refractivity contribution in [2.45, 2.75) is 19.8 Å². The molecule has 0 bridgehead atoms. The van der Waals surface area contributed by atoms with Gasteiger partial charge in [0.15, 0.2) is 0 Å². The van der Waals surface area contributed by atoms with Crippen LogP contribution in [-0.4, -0.2) is 29.5 Å². The molecule has 1 aliphatic rings. The zero-order chi connectivity index (χ0) is 12.1. The fraction of sp³-hybridized carbons (Fsp3) is 0.500. The van der Waals surface area contributed by atoms with Crippen molar-refractivity contribution in [3.8, 4) is 11.8 Å². The third-order valence-electron chi connectivity index (χ3n) is 2.98. The van der Waals surface area contributed by atoms with Crippen molar-refractivity contribution in [2.75, 3.05) is 25.4 Å². The Morgan fingerprint density at radius 3 is 3.11 bits per heavy atom. The van der Waals surface area contributed by atoms with Gasteiger partial charge in [0.2, 0.25) is 0 Å². The molecule has 1 aromatic heterocycles. The molecule has 0 aliphatic carbocycles. The Labute approximate surface area is 134 Å². The van der Waals surface area contributed by atoms with Crippen LogP contribution in [0.1, 0.15) is 25.5 Å². The van der Waals surface area contributed by atoms with Crippen LogP contribution in [0.25, 0.3) is 0 Å². The monoisotopic (exact) mass is 317 g/mol. The molecule has 1 fully saturated rings. The Kier molecular flexibility index (Phi) is 6.85. The van der Waals surface area contributed by atoms with Gasteiger partial charge in [0.1, 0.15) is 0 Å². The Bertz CT molecular complexity index is 419. The van der Waals surface area contributed by atoms with E-state index in [1.807, 2.05) is 0 Å². The van der Waals surface area contributed by atoms with Crippen LogP contribution in [0.2, 0.25) is 0 Å². The van der Waals surface area contributed by atoms with E-state index in [4.69, 9.17) is 5.73 Å². The van der Waals surface area contributed by atoms with Crippen LogP contribution < -0.4 is 5.73 Å². The van der Waals surface area contributed by atoms with Crippen LogP contribution in [0, 0.1) is 23.8 Å². The minimum absolute atomic E-state index is 0. The molecule has 2 heterocycles. The van der Waals surface area contributed by atoms with Crippen molar-refractivity contribution in [3.05, 3.63) is 24.0 Å². The summed E-state index contributed by atoms with van der Waals surface area (Å²) in [4.78, 5) is 6.53. The van der Waals surface area contributed by atoms with Gasteiger partial charge < -0.3 is 10.7 Å². The van der Waals surface area contributed by atoms with Crippen molar-refractivity contribution in [3.63, 3.8) is 0 Å². The van der Waals surface area contributed by atoms with Gasteiger partial charge in [-0.2, -0.15) is 6.07 Å². The summed E-state index contributed by atoms with van der Waals surface area (Å²) in [7, 11) is 0. The van der Waals surface area contributed by atoms with Crippen LogP contribution in [0.5, 0.6) is 0 Å². The summed E-state index contributed by atoms with van der Waals surface area (Å²) < 4.78 is 0. The topological polar surface area (TPSA) is 42.1 Å². The van der Waals surface area contributed by atoms with E-state index in [1.54, 1.807) is 12.3 Å². The first kappa shape index (κ1) is 15.6. The van der Waals surface area contributed by atoms with E-state index >= 15 is 0 Å². The molecule has 0 amide bonds. The van der Waals surface area contributed by atoms with Gasteiger partial charge in [-0.05, 0) is 31.0 Å². The summed E-state index contributed by atoms with van der Waals surface area (Å²) in [6, 6.07) is 4.63. The minimum Gasteiger partial charge on any atom is -0.418 e. The molecule has 18 heavy (non-hydrogen) atoms. The Hall–Kier alpha value is -0.426. The second-order valence-corrected chi connectivity index (χ2v) is 4.67. The van der Waals surface area contributed by atoms with Gasteiger partial charge in [0.25, 0.3) is 0 Å². The number of aromatic nitrogens is 1. The van der Waals surface area contributed by atoms with Crippen LogP contribution in [0.15, 0.2) is 12.3 Å². The van der Waals surface area contributed by atoms with Gasteiger partial charge in [-0.3, -0.25) is 4.90 Å². The summed E-state index contributed by atoms with van der Waals surface area (Å²) in [5.74, 6) is 7.01. The number of likely N-dealkylation sites (tertiary alicyclic amines) is 1. The number of hydrogen-bond donors (Lipinski definition) is 1. The van der Waals surface area contributed by atoms with Crippen LogP contribution in [0.3, 0.4) is 0 Å². The summed E-state index contributed by atoms with van der Waals surface area (Å²) in [6.45, 7) is 5.46. The summed E-state index contributed by atoms with van der Waals surface area (Å²) >= 11 is 0. The summed E-state index contributed by atoms with van der Waals surface area (Å²) in [5, 5.41) is 0. The molecule has 1 radical (unpaired) electrons. The smallest absolute Gasteiger partial charge is 0.0594 e.